The Balaban J connectivity index is 1.65. The van der Waals surface area contributed by atoms with Gasteiger partial charge in [-0.3, -0.25) is 4.57 Å². The maximum absolute atomic E-state index is 13.0. The number of fused-ring (bicyclic) bond motifs is 2. The Kier molecular flexibility index (Phi) is 5.56. The molecule has 0 radical (unpaired) electrons. The first-order valence-corrected chi connectivity index (χ1v) is 12.4. The van der Waals surface area contributed by atoms with Crippen molar-refractivity contribution in [2.75, 3.05) is 7.05 Å². The number of hydrogen-bond donors (Lipinski definition) is 1. The highest BCUT2D eigenvalue weighted by atomic mass is 32.7. The second-order valence-corrected chi connectivity index (χ2v) is 11.3. The van der Waals surface area contributed by atoms with Gasteiger partial charge in [-0.05, 0) is 57.2 Å². The van der Waals surface area contributed by atoms with Crippen molar-refractivity contribution in [1.29, 1.82) is 0 Å². The number of nitrogens with zero attached hydrogens (tertiary/aromatic N) is 1. The molecule has 1 unspecified atom stereocenters. The predicted molar refractivity (Wildman–Crippen MR) is 120 cm³/mol. The molecular formula is C23H22NO2PS. The molecule has 0 heterocycles. The van der Waals surface area contributed by atoms with E-state index in [1.165, 1.54) is 0 Å². The monoisotopic (exact) mass is 407 g/mol. The van der Waals surface area contributed by atoms with Crippen LogP contribution in [0.4, 0.5) is 0 Å². The van der Waals surface area contributed by atoms with Crippen LogP contribution in [-0.4, -0.2) is 16.6 Å². The lowest BCUT2D eigenvalue weighted by Crippen LogP contribution is -2.13. The van der Waals surface area contributed by atoms with Crippen LogP contribution in [-0.2, 0) is 16.9 Å². The maximum Gasteiger partial charge on any atom is 0.326 e. The third kappa shape index (κ3) is 4.01. The number of hydrogen-bond acceptors (Lipinski definition) is 2. The van der Waals surface area contributed by atoms with E-state index in [1.807, 2.05) is 54.6 Å². The van der Waals surface area contributed by atoms with E-state index in [2.05, 4.69) is 30.3 Å². The van der Waals surface area contributed by atoms with Crippen LogP contribution in [0.2, 0.25) is 0 Å². The van der Waals surface area contributed by atoms with Crippen LogP contribution in [0.3, 0.4) is 0 Å². The van der Waals surface area contributed by atoms with Crippen molar-refractivity contribution in [2.24, 2.45) is 0 Å². The smallest absolute Gasteiger partial charge is 0.325 e. The van der Waals surface area contributed by atoms with Crippen molar-refractivity contribution in [3.05, 3.63) is 96.1 Å². The molecule has 0 aliphatic carbocycles. The lowest BCUT2D eigenvalue weighted by molar-refractivity contribution is 0.399. The van der Waals surface area contributed by atoms with Crippen molar-refractivity contribution >= 4 is 39.6 Å². The fourth-order valence-corrected chi connectivity index (χ4v) is 6.17. The molecule has 0 amide bonds. The molecule has 142 valence electrons. The molecule has 28 heavy (non-hydrogen) atoms. The molecule has 1 atom stereocenters. The van der Waals surface area contributed by atoms with E-state index in [0.717, 1.165) is 44.1 Å². The van der Waals surface area contributed by atoms with Gasteiger partial charge in [0.15, 0.2) is 0 Å². The van der Waals surface area contributed by atoms with Crippen molar-refractivity contribution in [3.8, 4) is 0 Å². The van der Waals surface area contributed by atoms with Crippen molar-refractivity contribution in [1.82, 2.24) is 4.67 Å². The van der Waals surface area contributed by atoms with Crippen LogP contribution in [0, 0.1) is 0 Å². The Hall–Kier alpha value is -2.10. The van der Waals surface area contributed by atoms with Crippen LogP contribution in [0.1, 0.15) is 11.1 Å². The van der Waals surface area contributed by atoms with Gasteiger partial charge < -0.3 is 4.89 Å². The van der Waals surface area contributed by atoms with Crippen LogP contribution in [0.25, 0.3) is 21.5 Å². The summed E-state index contributed by atoms with van der Waals surface area (Å²) in [5.41, 5.74) is 2.14. The summed E-state index contributed by atoms with van der Waals surface area (Å²) in [6.45, 7) is -3.11. The topological polar surface area (TPSA) is 40.5 Å². The third-order valence-electron chi connectivity index (χ3n) is 4.94. The van der Waals surface area contributed by atoms with E-state index in [-0.39, 0.29) is 0 Å². The van der Waals surface area contributed by atoms with E-state index in [4.69, 9.17) is 0 Å². The molecule has 0 aliphatic heterocycles. The summed E-state index contributed by atoms with van der Waals surface area (Å²) in [6.07, 6.45) is 0. The molecular weight excluding hydrogens is 385 g/mol. The molecule has 0 spiro atoms. The molecule has 0 bridgehead atoms. The highest BCUT2D eigenvalue weighted by molar-refractivity contribution is 8.55. The zero-order valence-corrected chi connectivity index (χ0v) is 17.4. The maximum atomic E-state index is 13.0. The summed E-state index contributed by atoms with van der Waals surface area (Å²) < 4.78 is 14.6. The summed E-state index contributed by atoms with van der Waals surface area (Å²) >= 11 is 1.11. The Morgan fingerprint density at radius 2 is 1.39 bits per heavy atom. The Labute approximate surface area is 169 Å². The summed E-state index contributed by atoms with van der Waals surface area (Å²) in [5.74, 6) is 0.509. The van der Waals surface area contributed by atoms with Crippen LogP contribution in [0.15, 0.2) is 84.9 Å². The Morgan fingerprint density at radius 3 is 2.00 bits per heavy atom. The van der Waals surface area contributed by atoms with Crippen molar-refractivity contribution in [2.45, 2.75) is 12.3 Å². The third-order valence-corrected chi connectivity index (χ3v) is 8.98. The van der Waals surface area contributed by atoms with Gasteiger partial charge in [0.2, 0.25) is 0 Å². The standard InChI is InChI=1S/C23H22NO2PS/c1-24(27(25,26)28-17-18-9-3-2-4-10-18)16-23-21-13-7-5-11-19(21)15-20-12-6-8-14-22(20)23/h2-15H,16-17H2,1H3,(H,25,26). The zero-order chi connectivity index (χ0) is 19.6. The molecule has 4 aromatic carbocycles. The molecule has 1 N–H and O–H groups in total. The van der Waals surface area contributed by atoms with E-state index in [0.29, 0.717) is 12.3 Å². The molecule has 5 heteroatoms. The van der Waals surface area contributed by atoms with Gasteiger partial charge in [0.1, 0.15) is 0 Å². The average Bonchev–Trinajstić information content (AvgIpc) is 2.73. The molecule has 0 saturated carbocycles. The number of benzene rings is 4. The average molecular weight is 407 g/mol. The van der Waals surface area contributed by atoms with Gasteiger partial charge in [0, 0.05) is 12.3 Å². The molecule has 0 saturated heterocycles. The van der Waals surface area contributed by atoms with Gasteiger partial charge in [0.05, 0.1) is 0 Å². The van der Waals surface area contributed by atoms with E-state index < -0.39 is 6.72 Å². The lowest BCUT2D eigenvalue weighted by atomic mass is 9.97. The molecule has 0 fully saturated rings. The first-order valence-electron chi connectivity index (χ1n) is 9.17. The molecule has 0 aromatic heterocycles. The van der Waals surface area contributed by atoms with Crippen molar-refractivity contribution < 1.29 is 9.46 Å². The van der Waals surface area contributed by atoms with E-state index in [9.17, 15) is 9.46 Å². The first kappa shape index (κ1) is 19.2. The highest BCUT2D eigenvalue weighted by Gasteiger charge is 2.26. The molecule has 0 aliphatic rings. The fourth-order valence-electron chi connectivity index (χ4n) is 3.43. The Bertz CT molecular complexity index is 1110. The van der Waals surface area contributed by atoms with Crippen LogP contribution in [0.5, 0.6) is 0 Å². The SMILES string of the molecule is CN(Cc1c2ccccc2cc2ccccc12)P(=O)(O)SCc1ccccc1. The van der Waals surface area contributed by atoms with Crippen LogP contribution < -0.4 is 0 Å². The minimum Gasteiger partial charge on any atom is -0.325 e. The second-order valence-electron chi connectivity index (χ2n) is 6.86. The summed E-state index contributed by atoms with van der Waals surface area (Å²) in [5, 5.41) is 4.55. The summed E-state index contributed by atoms with van der Waals surface area (Å²) in [6, 6.07) is 28.4. The largest absolute Gasteiger partial charge is 0.326 e. The van der Waals surface area contributed by atoms with Crippen LogP contribution >= 0.6 is 18.1 Å². The minimum absolute atomic E-state index is 0.414. The fraction of sp³-hybridized carbons (Fsp3) is 0.130. The predicted octanol–water partition coefficient (Wildman–Crippen LogP) is 6.46. The van der Waals surface area contributed by atoms with E-state index >= 15 is 0 Å². The quantitative estimate of drug-likeness (QED) is 0.294. The summed E-state index contributed by atoms with van der Waals surface area (Å²) in [7, 11) is 1.73. The normalized spacial score (nSPS) is 13.8. The molecule has 4 aromatic rings. The van der Waals surface area contributed by atoms with Gasteiger partial charge in [0.25, 0.3) is 0 Å². The minimum atomic E-state index is -3.52. The zero-order valence-electron chi connectivity index (χ0n) is 15.7. The second kappa shape index (κ2) is 8.10. The van der Waals surface area contributed by atoms with Gasteiger partial charge in [-0.25, -0.2) is 4.67 Å². The van der Waals surface area contributed by atoms with Crippen molar-refractivity contribution in [3.63, 3.8) is 0 Å². The molecule has 3 nitrogen and oxygen atoms in total. The summed E-state index contributed by atoms with van der Waals surface area (Å²) in [4.78, 5) is 10.7. The van der Waals surface area contributed by atoms with Gasteiger partial charge in [-0.15, -0.1) is 0 Å². The van der Waals surface area contributed by atoms with Gasteiger partial charge in [-0.1, -0.05) is 78.9 Å². The lowest BCUT2D eigenvalue weighted by Gasteiger charge is -2.24. The molecule has 4 rings (SSSR count). The Morgan fingerprint density at radius 1 is 0.857 bits per heavy atom. The first-order chi connectivity index (χ1) is 13.5. The van der Waals surface area contributed by atoms with Gasteiger partial charge >= 0.3 is 6.72 Å². The van der Waals surface area contributed by atoms with E-state index in [1.54, 1.807) is 11.7 Å². The van der Waals surface area contributed by atoms with Gasteiger partial charge in [-0.2, -0.15) is 0 Å². The number of rotatable bonds is 6. The highest BCUT2D eigenvalue weighted by Crippen LogP contribution is 2.59.